The highest BCUT2D eigenvalue weighted by Crippen LogP contribution is 2.18. The number of benzene rings is 1. The van der Waals surface area contributed by atoms with Gasteiger partial charge in [0.1, 0.15) is 5.75 Å². The van der Waals surface area contributed by atoms with Gasteiger partial charge in [0.25, 0.3) is 0 Å². The predicted octanol–water partition coefficient (Wildman–Crippen LogP) is 2.48. The molecule has 0 spiro atoms. The second-order valence-corrected chi connectivity index (χ2v) is 6.11. The summed E-state index contributed by atoms with van der Waals surface area (Å²) in [6.45, 7) is 6.73. The number of carbonyl (C=O) groups is 1. The van der Waals surface area contributed by atoms with Gasteiger partial charge in [-0.3, -0.25) is 4.79 Å². The first-order valence-electron chi connectivity index (χ1n) is 7.85. The molecule has 1 aromatic rings. The molecule has 116 valence electrons. The van der Waals surface area contributed by atoms with Crippen molar-refractivity contribution in [3.63, 3.8) is 0 Å². The number of amides is 1. The summed E-state index contributed by atoms with van der Waals surface area (Å²) < 4.78 is 5.60. The molecule has 4 nitrogen and oxygen atoms in total. The summed E-state index contributed by atoms with van der Waals surface area (Å²) >= 11 is 0. The van der Waals surface area contributed by atoms with E-state index in [0.717, 1.165) is 31.7 Å². The maximum Gasteiger partial charge on any atom is 0.223 e. The summed E-state index contributed by atoms with van der Waals surface area (Å²) in [5, 5.41) is 6.36. The molecule has 1 amide bonds. The van der Waals surface area contributed by atoms with E-state index in [1.165, 1.54) is 5.56 Å². The molecule has 0 unspecified atom stereocenters. The average Bonchev–Trinajstić information content (AvgIpc) is 3.24. The highest BCUT2D eigenvalue weighted by molar-refractivity contribution is 5.76. The first-order valence-corrected chi connectivity index (χ1v) is 7.85. The van der Waals surface area contributed by atoms with Crippen LogP contribution in [0.4, 0.5) is 0 Å². The lowest BCUT2D eigenvalue weighted by atomic mass is 10.2. The standard InChI is InChI=1S/C17H26N2O2/c1-13(2)11-18-12-14-3-7-16(8-4-14)21-10-9-17(20)19-15-5-6-15/h3-4,7-8,13,15,18H,5-6,9-12H2,1-2H3,(H,19,20). The van der Waals surface area contributed by atoms with E-state index < -0.39 is 0 Å². The molecule has 0 heterocycles. The van der Waals surface area contributed by atoms with Crippen molar-refractivity contribution in [3.8, 4) is 5.75 Å². The molecule has 2 rings (SSSR count). The molecule has 1 saturated carbocycles. The van der Waals surface area contributed by atoms with E-state index in [-0.39, 0.29) is 5.91 Å². The quantitative estimate of drug-likeness (QED) is 0.734. The molecule has 1 fully saturated rings. The van der Waals surface area contributed by atoms with Gasteiger partial charge in [0, 0.05) is 12.6 Å². The zero-order chi connectivity index (χ0) is 15.1. The summed E-state index contributed by atoms with van der Waals surface area (Å²) in [6.07, 6.45) is 2.67. The van der Waals surface area contributed by atoms with E-state index in [1.54, 1.807) is 0 Å². The van der Waals surface area contributed by atoms with Crippen molar-refractivity contribution in [2.75, 3.05) is 13.2 Å². The fourth-order valence-corrected chi connectivity index (χ4v) is 2.00. The summed E-state index contributed by atoms with van der Waals surface area (Å²) in [4.78, 5) is 11.5. The van der Waals surface area contributed by atoms with Gasteiger partial charge >= 0.3 is 0 Å². The normalized spacial score (nSPS) is 14.2. The molecular weight excluding hydrogens is 264 g/mol. The van der Waals surface area contributed by atoms with Crippen LogP contribution in [0.25, 0.3) is 0 Å². The SMILES string of the molecule is CC(C)CNCc1ccc(OCCC(=O)NC2CC2)cc1. The fraction of sp³-hybridized carbons (Fsp3) is 0.588. The molecule has 1 aromatic carbocycles. The molecule has 1 aliphatic carbocycles. The molecule has 21 heavy (non-hydrogen) atoms. The molecule has 0 radical (unpaired) electrons. The number of nitrogens with one attached hydrogen (secondary N) is 2. The Balaban J connectivity index is 1.63. The van der Waals surface area contributed by atoms with Crippen LogP contribution >= 0.6 is 0 Å². The number of ether oxygens (including phenoxy) is 1. The van der Waals surface area contributed by atoms with Crippen LogP contribution < -0.4 is 15.4 Å². The smallest absolute Gasteiger partial charge is 0.223 e. The van der Waals surface area contributed by atoms with Crippen LogP contribution in [-0.4, -0.2) is 25.1 Å². The molecule has 0 aliphatic heterocycles. The van der Waals surface area contributed by atoms with Crippen LogP contribution in [-0.2, 0) is 11.3 Å². The number of carbonyl (C=O) groups excluding carboxylic acids is 1. The van der Waals surface area contributed by atoms with Crippen molar-refractivity contribution in [3.05, 3.63) is 29.8 Å². The van der Waals surface area contributed by atoms with Gasteiger partial charge in [-0.05, 0) is 43.0 Å². The lowest BCUT2D eigenvalue weighted by molar-refractivity contribution is -0.121. The third kappa shape index (κ3) is 6.63. The molecule has 0 aromatic heterocycles. The van der Waals surface area contributed by atoms with Gasteiger partial charge in [0.05, 0.1) is 13.0 Å². The molecule has 4 heteroatoms. The van der Waals surface area contributed by atoms with Gasteiger partial charge in [-0.2, -0.15) is 0 Å². The lowest BCUT2D eigenvalue weighted by Crippen LogP contribution is -2.26. The first kappa shape index (κ1) is 15.8. The first-order chi connectivity index (χ1) is 10.1. The Morgan fingerprint density at radius 1 is 1.29 bits per heavy atom. The molecular formula is C17H26N2O2. The van der Waals surface area contributed by atoms with Gasteiger partial charge < -0.3 is 15.4 Å². The van der Waals surface area contributed by atoms with Crippen molar-refractivity contribution in [2.24, 2.45) is 5.92 Å². The molecule has 1 aliphatic rings. The molecule has 0 atom stereocenters. The van der Waals surface area contributed by atoms with E-state index in [1.807, 2.05) is 12.1 Å². The Morgan fingerprint density at radius 2 is 2.00 bits per heavy atom. The molecule has 0 saturated heterocycles. The van der Waals surface area contributed by atoms with Crippen LogP contribution in [0.5, 0.6) is 5.75 Å². The number of rotatable bonds is 9. The number of hydrogen-bond acceptors (Lipinski definition) is 3. The maximum atomic E-state index is 11.5. The van der Waals surface area contributed by atoms with Crippen LogP contribution in [0.3, 0.4) is 0 Å². The molecule has 2 N–H and O–H groups in total. The van der Waals surface area contributed by atoms with E-state index in [2.05, 4.69) is 36.6 Å². The maximum absolute atomic E-state index is 11.5. The van der Waals surface area contributed by atoms with Crippen molar-refractivity contribution >= 4 is 5.91 Å². The topological polar surface area (TPSA) is 50.4 Å². The molecule has 0 bridgehead atoms. The van der Waals surface area contributed by atoms with Gasteiger partial charge in [0.15, 0.2) is 0 Å². The average molecular weight is 290 g/mol. The Labute approximate surface area is 127 Å². The fourth-order valence-electron chi connectivity index (χ4n) is 2.00. The van der Waals surface area contributed by atoms with Gasteiger partial charge in [-0.15, -0.1) is 0 Å². The van der Waals surface area contributed by atoms with E-state index >= 15 is 0 Å². The van der Waals surface area contributed by atoms with Crippen molar-refractivity contribution in [2.45, 2.75) is 45.7 Å². The van der Waals surface area contributed by atoms with Crippen molar-refractivity contribution < 1.29 is 9.53 Å². The second kappa shape index (κ2) is 8.03. The lowest BCUT2D eigenvalue weighted by Gasteiger charge is -2.09. The van der Waals surface area contributed by atoms with E-state index in [4.69, 9.17) is 4.74 Å². The minimum atomic E-state index is 0.0898. The predicted molar refractivity (Wildman–Crippen MR) is 84.3 cm³/mol. The number of hydrogen-bond donors (Lipinski definition) is 2. The summed E-state index contributed by atoms with van der Waals surface area (Å²) in [5.74, 6) is 1.57. The van der Waals surface area contributed by atoms with Gasteiger partial charge in [-0.1, -0.05) is 26.0 Å². The Morgan fingerprint density at radius 3 is 2.62 bits per heavy atom. The van der Waals surface area contributed by atoms with Crippen LogP contribution in [0.2, 0.25) is 0 Å². The largest absolute Gasteiger partial charge is 0.493 e. The monoisotopic (exact) mass is 290 g/mol. The third-order valence-corrected chi connectivity index (χ3v) is 3.35. The van der Waals surface area contributed by atoms with Gasteiger partial charge in [0.2, 0.25) is 5.91 Å². The zero-order valence-corrected chi connectivity index (χ0v) is 13.0. The highest BCUT2D eigenvalue weighted by Gasteiger charge is 2.22. The van der Waals surface area contributed by atoms with Crippen molar-refractivity contribution in [1.82, 2.24) is 10.6 Å². The van der Waals surface area contributed by atoms with E-state index in [0.29, 0.717) is 25.0 Å². The Kier molecular flexibility index (Phi) is 6.05. The highest BCUT2D eigenvalue weighted by atomic mass is 16.5. The minimum absolute atomic E-state index is 0.0898. The summed E-state index contributed by atoms with van der Waals surface area (Å²) in [6, 6.07) is 8.48. The third-order valence-electron chi connectivity index (χ3n) is 3.35. The summed E-state index contributed by atoms with van der Waals surface area (Å²) in [5.41, 5.74) is 1.24. The Bertz CT molecular complexity index is 439. The van der Waals surface area contributed by atoms with Crippen LogP contribution in [0.1, 0.15) is 38.7 Å². The van der Waals surface area contributed by atoms with Crippen LogP contribution in [0.15, 0.2) is 24.3 Å². The van der Waals surface area contributed by atoms with Crippen molar-refractivity contribution in [1.29, 1.82) is 0 Å². The van der Waals surface area contributed by atoms with Gasteiger partial charge in [-0.25, -0.2) is 0 Å². The second-order valence-electron chi connectivity index (χ2n) is 6.11. The summed E-state index contributed by atoms with van der Waals surface area (Å²) in [7, 11) is 0. The minimum Gasteiger partial charge on any atom is -0.493 e. The zero-order valence-electron chi connectivity index (χ0n) is 13.0. The van der Waals surface area contributed by atoms with E-state index in [9.17, 15) is 4.79 Å². The van der Waals surface area contributed by atoms with Crippen LogP contribution in [0, 0.1) is 5.92 Å². The Hall–Kier alpha value is -1.55.